The fraction of sp³-hybridized carbons (Fsp3) is 0.167. The van der Waals surface area contributed by atoms with E-state index in [2.05, 4.69) is 25.9 Å². The summed E-state index contributed by atoms with van der Waals surface area (Å²) in [6, 6.07) is 6.92. The van der Waals surface area contributed by atoms with E-state index in [1.54, 1.807) is 18.3 Å². The first kappa shape index (κ1) is 14.0. The van der Waals surface area contributed by atoms with Gasteiger partial charge in [-0.2, -0.15) is 0 Å². The van der Waals surface area contributed by atoms with Crippen LogP contribution in [-0.4, -0.2) is 14.9 Å². The zero-order chi connectivity index (χ0) is 13.8. The lowest BCUT2D eigenvalue weighted by Gasteiger charge is -2.02. The van der Waals surface area contributed by atoms with Crippen LogP contribution in [0, 0.1) is 17.0 Å². The predicted molar refractivity (Wildman–Crippen MR) is 77.1 cm³/mol. The maximum atomic E-state index is 10.8. The van der Waals surface area contributed by atoms with Gasteiger partial charge in [-0.05, 0) is 40.5 Å². The van der Waals surface area contributed by atoms with Crippen LogP contribution in [0.1, 0.15) is 11.3 Å². The lowest BCUT2D eigenvalue weighted by Crippen LogP contribution is -1.92. The Bertz CT molecular complexity index is 622. The van der Waals surface area contributed by atoms with Gasteiger partial charge in [0.15, 0.2) is 5.16 Å². The van der Waals surface area contributed by atoms with Crippen molar-refractivity contribution in [2.75, 3.05) is 0 Å². The Kier molecular flexibility index (Phi) is 4.49. The van der Waals surface area contributed by atoms with Gasteiger partial charge in [0.25, 0.3) is 5.69 Å². The maximum absolute atomic E-state index is 10.8. The molecule has 0 aliphatic rings. The zero-order valence-corrected chi connectivity index (χ0v) is 12.4. The van der Waals surface area contributed by atoms with E-state index in [0.717, 1.165) is 11.3 Å². The van der Waals surface area contributed by atoms with Crippen molar-refractivity contribution in [2.24, 2.45) is 0 Å². The van der Waals surface area contributed by atoms with Crippen molar-refractivity contribution >= 4 is 33.4 Å². The number of rotatable bonds is 4. The molecule has 0 aliphatic heterocycles. The van der Waals surface area contributed by atoms with Crippen LogP contribution in [0.3, 0.4) is 0 Å². The number of halogens is 1. The molecule has 0 fully saturated rings. The number of aryl methyl sites for hydroxylation is 1. The second kappa shape index (κ2) is 6.12. The number of thioether (sulfide) groups is 1. The van der Waals surface area contributed by atoms with Crippen LogP contribution < -0.4 is 0 Å². The summed E-state index contributed by atoms with van der Waals surface area (Å²) in [4.78, 5) is 18.8. The average Bonchev–Trinajstić information content (AvgIpc) is 2.37. The third-order valence-corrected chi connectivity index (χ3v) is 3.95. The van der Waals surface area contributed by atoms with Crippen molar-refractivity contribution in [1.29, 1.82) is 0 Å². The minimum absolute atomic E-state index is 0.0725. The molecule has 1 aromatic heterocycles. The lowest BCUT2D eigenvalue weighted by molar-refractivity contribution is -0.385. The minimum atomic E-state index is -0.401. The highest BCUT2D eigenvalue weighted by Gasteiger charge is 2.12. The Morgan fingerprint density at radius 3 is 2.89 bits per heavy atom. The van der Waals surface area contributed by atoms with E-state index in [1.807, 2.05) is 19.1 Å². The highest BCUT2D eigenvalue weighted by atomic mass is 79.9. The number of hydrogen-bond acceptors (Lipinski definition) is 5. The molecular weight excluding hydrogens is 330 g/mol. The van der Waals surface area contributed by atoms with Gasteiger partial charge in [0.05, 0.1) is 9.40 Å². The summed E-state index contributed by atoms with van der Waals surface area (Å²) in [5.74, 6) is 0.595. The molecule has 98 valence electrons. The van der Waals surface area contributed by atoms with Gasteiger partial charge in [0.1, 0.15) is 0 Å². The monoisotopic (exact) mass is 339 g/mol. The average molecular weight is 340 g/mol. The van der Waals surface area contributed by atoms with Crippen molar-refractivity contribution in [1.82, 2.24) is 9.97 Å². The van der Waals surface area contributed by atoms with E-state index in [9.17, 15) is 10.1 Å². The highest BCUT2D eigenvalue weighted by molar-refractivity contribution is 9.10. The molecule has 0 aliphatic carbocycles. The second-order valence-corrected chi connectivity index (χ2v) is 5.61. The number of nitro groups is 1. The van der Waals surface area contributed by atoms with E-state index >= 15 is 0 Å². The first-order chi connectivity index (χ1) is 9.06. The molecule has 0 N–H and O–H groups in total. The molecule has 0 unspecified atom stereocenters. The molecule has 19 heavy (non-hydrogen) atoms. The van der Waals surface area contributed by atoms with Gasteiger partial charge in [-0.3, -0.25) is 10.1 Å². The summed E-state index contributed by atoms with van der Waals surface area (Å²) in [5, 5.41) is 11.5. The Labute approximate surface area is 122 Å². The molecule has 0 spiro atoms. The van der Waals surface area contributed by atoms with Gasteiger partial charge in [0.2, 0.25) is 0 Å². The number of benzene rings is 1. The maximum Gasteiger partial charge on any atom is 0.283 e. The van der Waals surface area contributed by atoms with Crippen LogP contribution in [0.15, 0.2) is 40.1 Å². The lowest BCUT2D eigenvalue weighted by atomic mass is 10.2. The van der Waals surface area contributed by atoms with Crippen LogP contribution in [0.5, 0.6) is 0 Å². The number of aromatic nitrogens is 2. The summed E-state index contributed by atoms with van der Waals surface area (Å²) in [5.41, 5.74) is 1.84. The summed E-state index contributed by atoms with van der Waals surface area (Å²) in [7, 11) is 0. The quantitative estimate of drug-likeness (QED) is 0.367. The van der Waals surface area contributed by atoms with Crippen molar-refractivity contribution in [3.8, 4) is 0 Å². The van der Waals surface area contributed by atoms with Gasteiger partial charge in [0, 0.05) is 23.7 Å². The summed E-state index contributed by atoms with van der Waals surface area (Å²) in [6.45, 7) is 1.90. The van der Waals surface area contributed by atoms with Crippen molar-refractivity contribution in [2.45, 2.75) is 17.8 Å². The molecule has 0 saturated carbocycles. The Morgan fingerprint density at radius 2 is 2.21 bits per heavy atom. The fourth-order valence-electron chi connectivity index (χ4n) is 1.43. The van der Waals surface area contributed by atoms with Crippen LogP contribution in [0.2, 0.25) is 0 Å². The third kappa shape index (κ3) is 3.74. The molecule has 1 aromatic carbocycles. The van der Waals surface area contributed by atoms with E-state index in [0.29, 0.717) is 15.4 Å². The van der Waals surface area contributed by atoms with E-state index in [-0.39, 0.29) is 5.69 Å². The highest BCUT2D eigenvalue weighted by Crippen LogP contribution is 2.28. The molecule has 0 amide bonds. The Hall–Kier alpha value is -1.47. The summed E-state index contributed by atoms with van der Waals surface area (Å²) in [6.07, 6.45) is 1.70. The number of nitro benzene ring substituents is 1. The van der Waals surface area contributed by atoms with Gasteiger partial charge < -0.3 is 0 Å². The van der Waals surface area contributed by atoms with Crippen molar-refractivity contribution in [3.05, 3.63) is 56.3 Å². The first-order valence-electron chi connectivity index (χ1n) is 5.41. The van der Waals surface area contributed by atoms with Gasteiger partial charge >= 0.3 is 0 Å². The van der Waals surface area contributed by atoms with Crippen LogP contribution in [0.25, 0.3) is 0 Å². The molecule has 0 atom stereocenters. The topological polar surface area (TPSA) is 68.9 Å². The Morgan fingerprint density at radius 1 is 1.42 bits per heavy atom. The largest absolute Gasteiger partial charge is 0.283 e. The van der Waals surface area contributed by atoms with E-state index < -0.39 is 4.92 Å². The molecular formula is C12H10BrN3O2S. The smallest absolute Gasteiger partial charge is 0.258 e. The predicted octanol–water partition coefficient (Wildman–Crippen LogP) is 3.75. The third-order valence-electron chi connectivity index (χ3n) is 2.35. The molecule has 5 nitrogen and oxygen atoms in total. The number of nitrogens with zero attached hydrogens (tertiary/aromatic N) is 3. The molecule has 7 heteroatoms. The molecule has 0 saturated heterocycles. The summed E-state index contributed by atoms with van der Waals surface area (Å²) >= 11 is 4.62. The van der Waals surface area contributed by atoms with Crippen molar-refractivity contribution < 1.29 is 4.92 Å². The van der Waals surface area contributed by atoms with E-state index in [1.165, 1.54) is 11.8 Å². The van der Waals surface area contributed by atoms with Gasteiger partial charge in [-0.1, -0.05) is 17.8 Å². The molecule has 1 heterocycles. The SMILES string of the molecule is Cc1ccnc(SCc2ccc(Br)c([N+](=O)[O-])c2)n1. The second-order valence-electron chi connectivity index (χ2n) is 3.81. The standard InChI is InChI=1S/C12H10BrN3O2S/c1-8-4-5-14-12(15-8)19-7-9-2-3-10(13)11(6-9)16(17)18/h2-6H,7H2,1H3. The normalized spacial score (nSPS) is 10.4. The zero-order valence-electron chi connectivity index (χ0n) is 10.0. The minimum Gasteiger partial charge on any atom is -0.258 e. The molecule has 2 rings (SSSR count). The van der Waals surface area contributed by atoms with Crippen LogP contribution in [-0.2, 0) is 5.75 Å². The van der Waals surface area contributed by atoms with Crippen LogP contribution in [0.4, 0.5) is 5.69 Å². The molecule has 2 aromatic rings. The molecule has 0 radical (unpaired) electrons. The molecule has 0 bridgehead atoms. The van der Waals surface area contributed by atoms with Gasteiger partial charge in [-0.15, -0.1) is 0 Å². The first-order valence-corrected chi connectivity index (χ1v) is 7.19. The van der Waals surface area contributed by atoms with Gasteiger partial charge in [-0.25, -0.2) is 9.97 Å². The van der Waals surface area contributed by atoms with Crippen molar-refractivity contribution in [3.63, 3.8) is 0 Å². The Balaban J connectivity index is 2.12. The number of hydrogen-bond donors (Lipinski definition) is 0. The van der Waals surface area contributed by atoms with Crippen LogP contribution >= 0.6 is 27.7 Å². The van der Waals surface area contributed by atoms with E-state index in [4.69, 9.17) is 0 Å². The fourth-order valence-corrected chi connectivity index (χ4v) is 2.64. The summed E-state index contributed by atoms with van der Waals surface area (Å²) < 4.78 is 0.484.